The third kappa shape index (κ3) is 50.7. The van der Waals surface area contributed by atoms with Crippen LogP contribution < -0.4 is 33.7 Å². The van der Waals surface area contributed by atoms with Gasteiger partial charge < -0.3 is 33.7 Å². The lowest BCUT2D eigenvalue weighted by Gasteiger charge is -2.20. The fourth-order valence-electron chi connectivity index (χ4n) is 12.9. The molecular weight excluding hydrogens is 1150 g/mol. The van der Waals surface area contributed by atoms with Gasteiger partial charge in [0.2, 0.25) is 11.5 Å². The fraction of sp³-hybridized carbons (Fsp3) is 0.847. The van der Waals surface area contributed by atoms with Crippen molar-refractivity contribution >= 4 is 11.6 Å². The first-order valence-electron chi connectivity index (χ1n) is 41.5. The van der Waals surface area contributed by atoms with Crippen molar-refractivity contribution in [1.29, 1.82) is 0 Å². The van der Waals surface area contributed by atoms with E-state index in [1.54, 1.807) is 0 Å². The van der Waals surface area contributed by atoms with Gasteiger partial charge in [0.05, 0.1) is 39.6 Å². The van der Waals surface area contributed by atoms with Crippen LogP contribution in [-0.2, 0) is 0 Å². The highest BCUT2D eigenvalue weighted by Crippen LogP contribution is 2.43. The molecule has 0 atom stereocenters. The van der Waals surface area contributed by atoms with Gasteiger partial charge in [0, 0.05) is 23.4 Å². The Hall–Kier alpha value is -3.29. The van der Waals surface area contributed by atoms with Gasteiger partial charge in [-0.25, -0.2) is 0 Å². The normalized spacial score (nSPS) is 11.4. The van der Waals surface area contributed by atoms with Crippen LogP contribution in [0.4, 0.5) is 5.69 Å². The maximum absolute atomic E-state index is 15.0. The molecule has 0 spiro atoms. The molecule has 1 amide bonds. The molecule has 8 heteroatoms. The topological polar surface area (TPSA) is 84.5 Å². The van der Waals surface area contributed by atoms with E-state index in [0.717, 1.165) is 77.0 Å². The van der Waals surface area contributed by atoms with E-state index >= 15 is 4.79 Å². The van der Waals surface area contributed by atoms with E-state index in [9.17, 15) is 0 Å². The molecule has 542 valence electrons. The Morgan fingerprint density at radius 3 is 0.581 bits per heavy atom. The molecule has 0 aromatic heterocycles. The van der Waals surface area contributed by atoms with E-state index in [1.165, 1.54) is 308 Å². The van der Waals surface area contributed by atoms with Gasteiger partial charge in [-0.05, 0) is 50.7 Å². The molecule has 0 aliphatic heterocycles. The maximum Gasteiger partial charge on any atom is 0.255 e. The summed E-state index contributed by atoms with van der Waals surface area (Å²) in [6.45, 7) is 17.2. The molecule has 2 aromatic rings. The van der Waals surface area contributed by atoms with Crippen molar-refractivity contribution in [2.45, 2.75) is 427 Å². The summed E-state index contributed by atoms with van der Waals surface area (Å²) >= 11 is 0. The van der Waals surface area contributed by atoms with E-state index in [-0.39, 0.29) is 5.91 Å². The predicted molar refractivity (Wildman–Crippen MR) is 405 cm³/mol. The second-order valence-electron chi connectivity index (χ2n) is 28.2. The highest BCUT2D eigenvalue weighted by atomic mass is 16.5. The first-order chi connectivity index (χ1) is 46.0. The second-order valence-corrected chi connectivity index (χ2v) is 28.2. The Labute approximate surface area is 578 Å². The van der Waals surface area contributed by atoms with E-state index in [2.05, 4.69) is 46.9 Å². The van der Waals surface area contributed by atoms with Gasteiger partial charge >= 0.3 is 0 Å². The van der Waals surface area contributed by atoms with Crippen molar-refractivity contribution in [2.75, 3.05) is 45.0 Å². The Bertz CT molecular complexity index is 1810. The molecule has 0 saturated heterocycles. The Morgan fingerprint density at radius 2 is 0.387 bits per heavy atom. The number of nitrogens with one attached hydrogen (secondary N) is 1. The first kappa shape index (κ1) is 85.8. The zero-order valence-electron chi connectivity index (χ0n) is 62.8. The van der Waals surface area contributed by atoms with Crippen LogP contribution in [0.3, 0.4) is 0 Å². The molecule has 0 heterocycles. The van der Waals surface area contributed by atoms with Crippen molar-refractivity contribution in [1.82, 2.24) is 0 Å². The van der Waals surface area contributed by atoms with Crippen LogP contribution >= 0.6 is 0 Å². The highest BCUT2D eigenvalue weighted by molar-refractivity contribution is 6.05. The molecule has 0 saturated carbocycles. The molecule has 0 bridgehead atoms. The van der Waals surface area contributed by atoms with E-state index in [1.807, 2.05) is 24.3 Å². The van der Waals surface area contributed by atoms with Crippen LogP contribution in [0.1, 0.15) is 437 Å². The summed E-state index contributed by atoms with van der Waals surface area (Å²) in [6, 6.07) is 7.76. The number of hydrogen-bond donors (Lipinski definition) is 1. The summed E-state index contributed by atoms with van der Waals surface area (Å²) in [7, 11) is 0. The van der Waals surface area contributed by atoms with Gasteiger partial charge in [0.25, 0.3) is 5.91 Å². The summed E-state index contributed by atoms with van der Waals surface area (Å²) in [5.74, 6) is 3.55. The van der Waals surface area contributed by atoms with Crippen LogP contribution in [0.15, 0.2) is 24.3 Å². The van der Waals surface area contributed by atoms with Crippen LogP contribution in [-0.4, -0.2) is 45.5 Å². The smallest absolute Gasteiger partial charge is 0.255 e. The lowest BCUT2D eigenvalue weighted by atomic mass is 10.1. The number of rotatable bonds is 74. The van der Waals surface area contributed by atoms with Gasteiger partial charge in [0.1, 0.15) is 0 Å². The molecule has 0 aliphatic carbocycles. The summed E-state index contributed by atoms with van der Waals surface area (Å²) in [6.07, 6.45) is 75.8. The van der Waals surface area contributed by atoms with Gasteiger partial charge in [0.15, 0.2) is 23.0 Å². The number of unbranched alkanes of at least 4 members (excludes halogenated alkanes) is 54. The minimum absolute atomic E-state index is 0.232. The van der Waals surface area contributed by atoms with Crippen LogP contribution in [0.2, 0.25) is 0 Å². The summed E-state index contributed by atoms with van der Waals surface area (Å²) in [4.78, 5) is 15.0. The number of anilines is 1. The Balaban J connectivity index is 2.51. The Kier molecular flexibility index (Phi) is 62.1. The number of carbonyl (C=O) groups is 1. The molecule has 0 aliphatic rings. The second kappa shape index (κ2) is 67.3. The predicted octanol–water partition coefficient (Wildman–Crippen LogP) is 28.7. The first-order valence-corrected chi connectivity index (χ1v) is 41.5. The lowest BCUT2D eigenvalue weighted by Crippen LogP contribution is -2.15. The largest absolute Gasteiger partial charge is 0.490 e. The zero-order chi connectivity index (χ0) is 66.6. The van der Waals surface area contributed by atoms with Crippen LogP contribution in [0.5, 0.6) is 34.5 Å². The van der Waals surface area contributed by atoms with Crippen LogP contribution in [0, 0.1) is 0 Å². The standard InChI is InChI=1S/C85H155NO7/c1-7-13-19-25-31-37-43-49-55-61-67-88-79-73-77(74-80(89-68-62-56-50-44-38-32-26-20-14-8-2)83(79)92-71-65-59-53-47-41-35-29-23-17-11-5)85(87)86-78-75-81(90-69-63-57-51-45-39-33-27-21-15-9-3)84(93-72-66-60-54-48-42-36-30-24-18-12-6)82(76-78)91-70-64-58-52-46-40-34-28-22-16-10-4/h73-76H,7-72H2,1-6H3,(H,86,87). The van der Waals surface area contributed by atoms with Crippen LogP contribution in [0.25, 0.3) is 0 Å². The molecule has 2 rings (SSSR count). The summed E-state index contributed by atoms with van der Waals surface area (Å²) in [5, 5.41) is 3.35. The van der Waals surface area contributed by atoms with Crippen molar-refractivity contribution in [3.8, 4) is 34.5 Å². The fourth-order valence-corrected chi connectivity index (χ4v) is 12.9. The molecule has 0 radical (unpaired) electrons. The third-order valence-corrected chi connectivity index (χ3v) is 19.1. The number of ether oxygens (including phenoxy) is 6. The van der Waals surface area contributed by atoms with Gasteiger partial charge in [-0.3, -0.25) is 4.79 Å². The SMILES string of the molecule is CCCCCCCCCCCCOc1cc(NC(=O)c2cc(OCCCCCCCCCCCC)c(OCCCCCCCCCCCC)c(OCCCCCCCCCCCC)c2)cc(OCCCCCCCCCCCC)c1OCCCCCCCCCCCC. The van der Waals surface area contributed by atoms with Crippen molar-refractivity contribution in [3.63, 3.8) is 0 Å². The number of amides is 1. The van der Waals surface area contributed by atoms with Crippen molar-refractivity contribution < 1.29 is 33.2 Å². The molecule has 8 nitrogen and oxygen atoms in total. The molecule has 0 fully saturated rings. The minimum Gasteiger partial charge on any atom is -0.490 e. The number of hydrogen-bond acceptors (Lipinski definition) is 7. The number of benzene rings is 2. The monoisotopic (exact) mass is 1300 g/mol. The average Bonchev–Trinajstić information content (AvgIpc) is 0.886. The molecule has 2 aromatic carbocycles. The van der Waals surface area contributed by atoms with Gasteiger partial charge in [-0.1, -0.05) is 388 Å². The highest BCUT2D eigenvalue weighted by Gasteiger charge is 2.22. The minimum atomic E-state index is -0.232. The maximum atomic E-state index is 15.0. The molecular formula is C85H155NO7. The quantitative estimate of drug-likeness (QED) is 0.0661. The summed E-state index contributed by atoms with van der Waals surface area (Å²) in [5.41, 5.74) is 1.11. The molecule has 0 unspecified atom stereocenters. The van der Waals surface area contributed by atoms with Crippen molar-refractivity contribution in [2.24, 2.45) is 0 Å². The zero-order valence-corrected chi connectivity index (χ0v) is 62.8. The van der Waals surface area contributed by atoms with E-state index < -0.39 is 0 Å². The summed E-state index contributed by atoms with van der Waals surface area (Å²) < 4.78 is 40.6. The Morgan fingerprint density at radius 1 is 0.226 bits per heavy atom. The average molecular weight is 1300 g/mol. The van der Waals surface area contributed by atoms with Crippen molar-refractivity contribution in [3.05, 3.63) is 29.8 Å². The lowest BCUT2D eigenvalue weighted by molar-refractivity contribution is 0.102. The van der Waals surface area contributed by atoms with E-state index in [0.29, 0.717) is 85.4 Å². The number of carbonyl (C=O) groups excluding carboxylic acids is 1. The molecule has 93 heavy (non-hydrogen) atoms. The molecule has 1 N–H and O–H groups in total. The van der Waals surface area contributed by atoms with E-state index in [4.69, 9.17) is 28.4 Å². The van der Waals surface area contributed by atoms with Gasteiger partial charge in [-0.15, -0.1) is 0 Å². The van der Waals surface area contributed by atoms with Gasteiger partial charge in [-0.2, -0.15) is 0 Å². The third-order valence-electron chi connectivity index (χ3n) is 19.1.